The predicted molar refractivity (Wildman–Crippen MR) is 98.0 cm³/mol. The van der Waals surface area contributed by atoms with Crippen LogP contribution < -0.4 is 0 Å². The van der Waals surface area contributed by atoms with Gasteiger partial charge in [-0.25, -0.2) is 0 Å². The van der Waals surface area contributed by atoms with E-state index in [0.717, 1.165) is 17.5 Å². The van der Waals surface area contributed by atoms with Gasteiger partial charge in [-0.1, -0.05) is 78.6 Å². The van der Waals surface area contributed by atoms with E-state index in [1.807, 2.05) is 84.9 Å². The van der Waals surface area contributed by atoms with Crippen LogP contribution in [-0.2, 0) is 6.42 Å². The van der Waals surface area contributed by atoms with Crippen LogP contribution in [0.5, 0.6) is 0 Å². The fourth-order valence-corrected chi connectivity index (χ4v) is 2.53. The van der Waals surface area contributed by atoms with Crippen LogP contribution in [0.4, 0.5) is 0 Å². The third kappa shape index (κ3) is 4.21. The monoisotopic (exact) mass is 310 g/mol. The standard InChI is InChI=1S/C23H18O/c24-23(18-16-20-11-5-2-6-12-20)22-14-8-7-13-21(22)17-15-19-9-3-1-4-10-19/h1-14H,16,18H2. The van der Waals surface area contributed by atoms with Crippen LogP contribution in [-0.4, -0.2) is 5.78 Å². The number of Topliss-reactive ketones (excluding diaryl/α,β-unsaturated/α-hetero) is 1. The lowest BCUT2D eigenvalue weighted by atomic mass is 9.98. The van der Waals surface area contributed by atoms with Crippen molar-refractivity contribution in [3.63, 3.8) is 0 Å². The number of carbonyl (C=O) groups excluding carboxylic acids is 1. The molecular formula is C23H18O. The topological polar surface area (TPSA) is 17.1 Å². The Kier molecular flexibility index (Phi) is 5.22. The van der Waals surface area contributed by atoms with Crippen molar-refractivity contribution in [2.24, 2.45) is 0 Å². The Morgan fingerprint density at radius 2 is 1.33 bits per heavy atom. The number of aryl methyl sites for hydroxylation is 1. The van der Waals surface area contributed by atoms with Crippen molar-refractivity contribution < 1.29 is 4.79 Å². The Morgan fingerprint density at radius 3 is 2.08 bits per heavy atom. The number of rotatable bonds is 4. The summed E-state index contributed by atoms with van der Waals surface area (Å²) in [5.41, 5.74) is 3.62. The van der Waals surface area contributed by atoms with E-state index in [0.29, 0.717) is 12.0 Å². The van der Waals surface area contributed by atoms with Gasteiger partial charge < -0.3 is 0 Å². The van der Waals surface area contributed by atoms with Gasteiger partial charge >= 0.3 is 0 Å². The molecule has 3 aromatic carbocycles. The van der Waals surface area contributed by atoms with Gasteiger partial charge in [0.1, 0.15) is 0 Å². The van der Waals surface area contributed by atoms with Crippen LogP contribution in [0, 0.1) is 11.8 Å². The molecule has 1 heteroatoms. The van der Waals surface area contributed by atoms with Gasteiger partial charge in [-0.3, -0.25) is 4.79 Å². The van der Waals surface area contributed by atoms with Crippen molar-refractivity contribution in [3.8, 4) is 11.8 Å². The van der Waals surface area contributed by atoms with Gasteiger partial charge in [0.15, 0.2) is 5.78 Å². The summed E-state index contributed by atoms with van der Waals surface area (Å²) < 4.78 is 0. The molecule has 3 rings (SSSR count). The first-order chi connectivity index (χ1) is 11.8. The highest BCUT2D eigenvalue weighted by atomic mass is 16.1. The van der Waals surface area contributed by atoms with E-state index in [9.17, 15) is 4.79 Å². The fraction of sp³-hybridized carbons (Fsp3) is 0.0870. The molecule has 0 saturated heterocycles. The summed E-state index contributed by atoms with van der Waals surface area (Å²) in [5.74, 6) is 6.40. The van der Waals surface area contributed by atoms with Crippen molar-refractivity contribution >= 4 is 5.78 Å². The minimum atomic E-state index is 0.136. The van der Waals surface area contributed by atoms with Gasteiger partial charge in [0, 0.05) is 23.1 Å². The minimum Gasteiger partial charge on any atom is -0.294 e. The summed E-state index contributed by atoms with van der Waals surface area (Å²) in [6.45, 7) is 0. The number of ketones is 1. The molecule has 116 valence electrons. The zero-order valence-electron chi connectivity index (χ0n) is 13.4. The normalized spacial score (nSPS) is 9.83. The summed E-state index contributed by atoms with van der Waals surface area (Å²) in [6, 6.07) is 27.5. The second-order valence-electron chi connectivity index (χ2n) is 5.57. The SMILES string of the molecule is O=C(CCc1ccccc1)c1ccccc1C#Cc1ccccc1. The zero-order chi connectivity index (χ0) is 16.6. The first-order valence-electron chi connectivity index (χ1n) is 8.06. The zero-order valence-corrected chi connectivity index (χ0v) is 13.4. The average molecular weight is 310 g/mol. The molecule has 0 aliphatic carbocycles. The maximum atomic E-state index is 12.6. The van der Waals surface area contributed by atoms with Gasteiger partial charge in [0.25, 0.3) is 0 Å². The second-order valence-corrected chi connectivity index (χ2v) is 5.57. The van der Waals surface area contributed by atoms with Crippen LogP contribution in [0.25, 0.3) is 0 Å². The van der Waals surface area contributed by atoms with Crippen molar-refractivity contribution in [1.29, 1.82) is 0 Å². The van der Waals surface area contributed by atoms with E-state index in [1.54, 1.807) is 0 Å². The van der Waals surface area contributed by atoms with E-state index < -0.39 is 0 Å². The van der Waals surface area contributed by atoms with E-state index in [4.69, 9.17) is 0 Å². The molecule has 0 aliphatic heterocycles. The summed E-state index contributed by atoms with van der Waals surface area (Å²) >= 11 is 0. The quantitative estimate of drug-likeness (QED) is 0.495. The Bertz CT molecular complexity index is 868. The van der Waals surface area contributed by atoms with E-state index in [1.165, 1.54) is 5.56 Å². The molecule has 0 heterocycles. The molecule has 0 spiro atoms. The smallest absolute Gasteiger partial charge is 0.164 e. The minimum absolute atomic E-state index is 0.136. The first-order valence-corrected chi connectivity index (χ1v) is 8.06. The predicted octanol–water partition coefficient (Wildman–Crippen LogP) is 4.90. The largest absolute Gasteiger partial charge is 0.294 e. The molecule has 0 amide bonds. The number of hydrogen-bond donors (Lipinski definition) is 0. The van der Waals surface area contributed by atoms with Crippen molar-refractivity contribution in [1.82, 2.24) is 0 Å². The van der Waals surface area contributed by atoms with Gasteiger partial charge in [0.2, 0.25) is 0 Å². The molecule has 0 saturated carbocycles. The molecule has 1 nitrogen and oxygen atoms in total. The van der Waals surface area contributed by atoms with E-state index in [-0.39, 0.29) is 5.78 Å². The maximum absolute atomic E-state index is 12.6. The molecule has 0 aromatic heterocycles. The lowest BCUT2D eigenvalue weighted by Crippen LogP contribution is -2.03. The Balaban J connectivity index is 1.76. The first kappa shape index (κ1) is 15.8. The van der Waals surface area contributed by atoms with E-state index in [2.05, 4.69) is 11.8 Å². The molecule has 0 aliphatic rings. The average Bonchev–Trinajstić information content (AvgIpc) is 2.66. The maximum Gasteiger partial charge on any atom is 0.164 e. The summed E-state index contributed by atoms with van der Waals surface area (Å²) in [4.78, 5) is 12.6. The molecule has 0 bridgehead atoms. The molecule has 0 unspecified atom stereocenters. The summed E-state index contributed by atoms with van der Waals surface area (Å²) in [7, 11) is 0. The molecule has 0 radical (unpaired) electrons. The number of hydrogen-bond acceptors (Lipinski definition) is 1. The Labute approximate surface area is 143 Å². The molecule has 0 atom stereocenters. The van der Waals surface area contributed by atoms with Crippen LogP contribution in [0.3, 0.4) is 0 Å². The fourth-order valence-electron chi connectivity index (χ4n) is 2.53. The third-order valence-corrected chi connectivity index (χ3v) is 3.83. The summed E-state index contributed by atoms with van der Waals surface area (Å²) in [5, 5.41) is 0. The molecule has 0 N–H and O–H groups in total. The Morgan fingerprint density at radius 1 is 0.708 bits per heavy atom. The van der Waals surface area contributed by atoms with Crippen molar-refractivity contribution in [2.45, 2.75) is 12.8 Å². The molecule has 3 aromatic rings. The van der Waals surface area contributed by atoms with Crippen LogP contribution >= 0.6 is 0 Å². The van der Waals surface area contributed by atoms with Gasteiger partial charge in [-0.05, 0) is 30.2 Å². The van der Waals surface area contributed by atoms with Crippen LogP contribution in [0.1, 0.15) is 33.5 Å². The highest BCUT2D eigenvalue weighted by Crippen LogP contribution is 2.13. The van der Waals surface area contributed by atoms with E-state index >= 15 is 0 Å². The van der Waals surface area contributed by atoms with Crippen LogP contribution in [0.2, 0.25) is 0 Å². The summed E-state index contributed by atoms with van der Waals surface area (Å²) in [6.07, 6.45) is 1.24. The Hall–Kier alpha value is -3.11. The lowest BCUT2D eigenvalue weighted by molar-refractivity contribution is 0.0982. The van der Waals surface area contributed by atoms with Crippen LogP contribution in [0.15, 0.2) is 84.9 Å². The van der Waals surface area contributed by atoms with Gasteiger partial charge in [-0.15, -0.1) is 0 Å². The number of benzene rings is 3. The molecule has 24 heavy (non-hydrogen) atoms. The highest BCUT2D eigenvalue weighted by Gasteiger charge is 2.09. The van der Waals surface area contributed by atoms with Gasteiger partial charge in [0.05, 0.1) is 0 Å². The molecular weight excluding hydrogens is 292 g/mol. The number of carbonyl (C=O) groups is 1. The van der Waals surface area contributed by atoms with Crippen molar-refractivity contribution in [3.05, 3.63) is 107 Å². The third-order valence-electron chi connectivity index (χ3n) is 3.83. The molecule has 0 fully saturated rings. The lowest BCUT2D eigenvalue weighted by Gasteiger charge is -2.04. The van der Waals surface area contributed by atoms with Gasteiger partial charge in [-0.2, -0.15) is 0 Å². The highest BCUT2D eigenvalue weighted by molar-refractivity contribution is 5.98. The van der Waals surface area contributed by atoms with Crippen molar-refractivity contribution in [2.75, 3.05) is 0 Å². The second kappa shape index (κ2) is 7.94.